The first-order valence-corrected chi connectivity index (χ1v) is 5.85. The average Bonchev–Trinajstić information content (AvgIpc) is 2.30. The summed E-state index contributed by atoms with van der Waals surface area (Å²) in [6.45, 7) is 4.05. The molecule has 0 fully saturated rings. The van der Waals surface area contributed by atoms with E-state index >= 15 is 0 Å². The van der Waals surface area contributed by atoms with Crippen molar-refractivity contribution in [1.82, 2.24) is 9.97 Å². The Kier molecular flexibility index (Phi) is 5.79. The summed E-state index contributed by atoms with van der Waals surface area (Å²) in [7, 11) is 1.68. The largest absolute Gasteiger partial charge is 0.393 e. The Morgan fingerprint density at radius 3 is 2.71 bits per heavy atom. The van der Waals surface area contributed by atoms with E-state index in [0.29, 0.717) is 18.0 Å². The van der Waals surface area contributed by atoms with Gasteiger partial charge in [0.25, 0.3) is 0 Å². The van der Waals surface area contributed by atoms with Crippen molar-refractivity contribution in [3.63, 3.8) is 0 Å². The summed E-state index contributed by atoms with van der Waals surface area (Å²) in [5, 5.41) is 0. The number of hydrogen-bond acceptors (Lipinski definition) is 5. The van der Waals surface area contributed by atoms with Crippen molar-refractivity contribution in [2.24, 2.45) is 5.73 Å². The smallest absolute Gasteiger partial charge is 0.150 e. The monoisotopic (exact) mass is 254 g/mol. The van der Waals surface area contributed by atoms with Gasteiger partial charge in [-0.2, -0.15) is 0 Å². The van der Waals surface area contributed by atoms with Gasteiger partial charge in [0.05, 0.1) is 17.3 Å². The molecule has 0 radical (unpaired) electrons. The maximum atomic E-state index is 5.52. The highest BCUT2D eigenvalue weighted by Gasteiger charge is 2.11. The highest BCUT2D eigenvalue weighted by molar-refractivity contribution is 7.80. The molecule has 5 nitrogen and oxygen atoms in total. The van der Waals surface area contributed by atoms with Crippen LogP contribution in [-0.2, 0) is 4.74 Å². The zero-order valence-electron chi connectivity index (χ0n) is 10.2. The summed E-state index contributed by atoms with van der Waals surface area (Å²) in [4.78, 5) is 11.2. The summed E-state index contributed by atoms with van der Waals surface area (Å²) in [6, 6.07) is 0. The quantitative estimate of drug-likeness (QED) is 0.730. The Morgan fingerprint density at radius 2 is 2.12 bits per heavy atom. The number of hydrogen-bond donors (Lipinski definition) is 1. The molecule has 0 aliphatic carbocycles. The standard InChI is InChI=1S/C11H18N4OS/c1-9-11(14-5-4-13-9)15(7-8-16-2)6-3-10(12)17/h4-5H,3,6-8H2,1-2H3,(H2,12,17). The topological polar surface area (TPSA) is 64.3 Å². The Balaban J connectivity index is 2.74. The van der Waals surface area contributed by atoms with E-state index in [4.69, 9.17) is 22.7 Å². The van der Waals surface area contributed by atoms with Crippen LogP contribution in [0, 0.1) is 6.92 Å². The zero-order valence-corrected chi connectivity index (χ0v) is 11.0. The van der Waals surface area contributed by atoms with Gasteiger partial charge in [0.1, 0.15) is 5.82 Å². The summed E-state index contributed by atoms with van der Waals surface area (Å²) in [6.07, 6.45) is 4.03. The lowest BCUT2D eigenvalue weighted by Gasteiger charge is -2.24. The lowest BCUT2D eigenvalue weighted by molar-refractivity contribution is 0.205. The molecule has 0 aliphatic heterocycles. The molecule has 0 aliphatic rings. The minimum Gasteiger partial charge on any atom is -0.393 e. The maximum absolute atomic E-state index is 5.52. The van der Waals surface area contributed by atoms with E-state index in [1.54, 1.807) is 19.5 Å². The summed E-state index contributed by atoms with van der Waals surface area (Å²) in [5.41, 5.74) is 6.42. The number of aromatic nitrogens is 2. The van der Waals surface area contributed by atoms with Crippen LogP contribution in [-0.4, -0.2) is 41.8 Å². The molecular weight excluding hydrogens is 236 g/mol. The van der Waals surface area contributed by atoms with Crippen LogP contribution in [0.15, 0.2) is 12.4 Å². The molecule has 0 atom stereocenters. The molecule has 2 N–H and O–H groups in total. The van der Waals surface area contributed by atoms with E-state index in [0.717, 1.165) is 24.6 Å². The predicted octanol–water partition coefficient (Wildman–Crippen LogP) is 0.914. The maximum Gasteiger partial charge on any atom is 0.150 e. The first-order valence-electron chi connectivity index (χ1n) is 5.45. The van der Waals surface area contributed by atoms with Gasteiger partial charge in [-0.25, -0.2) is 4.98 Å². The Bertz CT molecular complexity index is 372. The molecule has 1 aromatic heterocycles. The Hall–Kier alpha value is -1.27. The van der Waals surface area contributed by atoms with Crippen molar-refractivity contribution in [2.45, 2.75) is 13.3 Å². The van der Waals surface area contributed by atoms with Crippen molar-refractivity contribution in [1.29, 1.82) is 0 Å². The molecule has 1 heterocycles. The second kappa shape index (κ2) is 7.13. The molecule has 6 heteroatoms. The summed E-state index contributed by atoms with van der Waals surface area (Å²) >= 11 is 4.89. The lowest BCUT2D eigenvalue weighted by Crippen LogP contribution is -2.32. The zero-order chi connectivity index (χ0) is 12.7. The van der Waals surface area contributed by atoms with Crippen LogP contribution in [0.5, 0.6) is 0 Å². The minimum atomic E-state index is 0.508. The minimum absolute atomic E-state index is 0.508. The highest BCUT2D eigenvalue weighted by Crippen LogP contribution is 2.13. The Morgan fingerprint density at radius 1 is 1.41 bits per heavy atom. The van der Waals surface area contributed by atoms with Gasteiger partial charge in [0.2, 0.25) is 0 Å². The van der Waals surface area contributed by atoms with Crippen molar-refractivity contribution >= 4 is 23.0 Å². The van der Waals surface area contributed by atoms with Crippen LogP contribution in [0.3, 0.4) is 0 Å². The van der Waals surface area contributed by atoms with Gasteiger partial charge in [-0.1, -0.05) is 12.2 Å². The van der Waals surface area contributed by atoms with Crippen molar-refractivity contribution < 1.29 is 4.74 Å². The molecule has 0 amide bonds. The molecular formula is C11H18N4OS. The number of rotatable bonds is 7. The van der Waals surface area contributed by atoms with E-state index in [1.165, 1.54) is 0 Å². The van der Waals surface area contributed by atoms with Crippen molar-refractivity contribution in [2.75, 3.05) is 31.7 Å². The van der Waals surface area contributed by atoms with Gasteiger partial charge in [0.15, 0.2) is 0 Å². The number of aryl methyl sites for hydroxylation is 1. The molecule has 0 spiro atoms. The fraction of sp³-hybridized carbons (Fsp3) is 0.545. The van der Waals surface area contributed by atoms with E-state index in [1.807, 2.05) is 6.92 Å². The number of anilines is 1. The molecule has 17 heavy (non-hydrogen) atoms. The van der Waals surface area contributed by atoms with E-state index in [2.05, 4.69) is 14.9 Å². The van der Waals surface area contributed by atoms with Gasteiger partial charge >= 0.3 is 0 Å². The number of nitrogens with zero attached hydrogens (tertiary/aromatic N) is 3. The SMILES string of the molecule is COCCN(CCC(N)=S)c1nccnc1C. The first-order chi connectivity index (χ1) is 8.15. The number of methoxy groups -OCH3 is 1. The summed E-state index contributed by atoms with van der Waals surface area (Å²) in [5.74, 6) is 0.862. The van der Waals surface area contributed by atoms with Crippen molar-refractivity contribution in [3.8, 4) is 0 Å². The lowest BCUT2D eigenvalue weighted by atomic mass is 10.3. The van der Waals surface area contributed by atoms with Crippen LogP contribution in [0.1, 0.15) is 12.1 Å². The third-order valence-corrected chi connectivity index (χ3v) is 2.55. The Labute approximate surface area is 107 Å². The first kappa shape index (κ1) is 13.8. The van der Waals surface area contributed by atoms with Crippen LogP contribution >= 0.6 is 12.2 Å². The molecule has 0 bridgehead atoms. The molecule has 0 aromatic carbocycles. The van der Waals surface area contributed by atoms with Gasteiger partial charge in [-0.15, -0.1) is 0 Å². The van der Waals surface area contributed by atoms with Gasteiger partial charge in [-0.05, 0) is 6.92 Å². The fourth-order valence-electron chi connectivity index (χ4n) is 1.48. The number of nitrogens with two attached hydrogens (primary N) is 1. The predicted molar refractivity (Wildman–Crippen MR) is 72.3 cm³/mol. The molecule has 0 saturated carbocycles. The normalized spacial score (nSPS) is 10.2. The van der Waals surface area contributed by atoms with Crippen LogP contribution in [0.2, 0.25) is 0 Å². The summed E-state index contributed by atoms with van der Waals surface area (Å²) < 4.78 is 5.09. The number of thiocarbonyl (C=S) groups is 1. The molecule has 0 saturated heterocycles. The van der Waals surface area contributed by atoms with E-state index in [9.17, 15) is 0 Å². The second-order valence-corrected chi connectivity index (χ2v) is 4.19. The van der Waals surface area contributed by atoms with Gasteiger partial charge < -0.3 is 15.4 Å². The fourth-order valence-corrected chi connectivity index (χ4v) is 1.57. The van der Waals surface area contributed by atoms with E-state index < -0.39 is 0 Å². The third kappa shape index (κ3) is 4.62. The molecule has 0 unspecified atom stereocenters. The highest BCUT2D eigenvalue weighted by atomic mass is 32.1. The van der Waals surface area contributed by atoms with Crippen LogP contribution in [0.4, 0.5) is 5.82 Å². The average molecular weight is 254 g/mol. The van der Waals surface area contributed by atoms with E-state index in [-0.39, 0.29) is 0 Å². The number of ether oxygens (including phenoxy) is 1. The third-order valence-electron chi connectivity index (χ3n) is 2.35. The van der Waals surface area contributed by atoms with Gasteiger partial charge in [-0.3, -0.25) is 4.98 Å². The second-order valence-electron chi connectivity index (χ2n) is 3.66. The molecule has 94 valence electrons. The van der Waals surface area contributed by atoms with Crippen molar-refractivity contribution in [3.05, 3.63) is 18.1 Å². The van der Waals surface area contributed by atoms with Crippen LogP contribution < -0.4 is 10.6 Å². The van der Waals surface area contributed by atoms with Crippen LogP contribution in [0.25, 0.3) is 0 Å². The molecule has 1 rings (SSSR count). The van der Waals surface area contributed by atoms with Gasteiger partial charge in [0, 0.05) is 39.0 Å². The molecule has 1 aromatic rings.